The number of carbonyl (C=O) groups is 1. The molecule has 1 aromatic heterocycles. The number of aromatic nitrogens is 1. The standard InChI is InChI=1S/C24H25FN4O4S/c1-2-33-22-8-4-3-7-21(22)27-24(30)19-17-18(10-11-20(19)25)34(31,32)29-15-13-28(14-16-29)23-9-5-6-12-26-23/h3-12,17H,2,13-16H2,1H3,(H,27,30). The molecule has 1 N–H and O–H groups in total. The summed E-state index contributed by atoms with van der Waals surface area (Å²) in [5.41, 5.74) is 0.00662. The van der Waals surface area contributed by atoms with E-state index in [1.165, 1.54) is 10.4 Å². The van der Waals surface area contributed by atoms with Crippen LogP contribution in [-0.2, 0) is 10.0 Å². The van der Waals surface area contributed by atoms with Gasteiger partial charge in [0.15, 0.2) is 0 Å². The summed E-state index contributed by atoms with van der Waals surface area (Å²) in [6.07, 6.45) is 1.69. The molecule has 0 spiro atoms. The number of nitrogens with one attached hydrogen (secondary N) is 1. The van der Waals surface area contributed by atoms with E-state index in [-0.39, 0.29) is 23.5 Å². The minimum Gasteiger partial charge on any atom is -0.492 e. The van der Waals surface area contributed by atoms with Crippen molar-refractivity contribution in [2.45, 2.75) is 11.8 Å². The van der Waals surface area contributed by atoms with Crippen LogP contribution in [0.4, 0.5) is 15.9 Å². The monoisotopic (exact) mass is 484 g/mol. The lowest BCUT2D eigenvalue weighted by molar-refractivity contribution is 0.102. The van der Waals surface area contributed by atoms with Gasteiger partial charge in [0.25, 0.3) is 5.91 Å². The third kappa shape index (κ3) is 5.02. The molecular formula is C24H25FN4O4S. The third-order valence-electron chi connectivity index (χ3n) is 5.47. The highest BCUT2D eigenvalue weighted by Gasteiger charge is 2.30. The number of nitrogens with zero attached hydrogens (tertiary/aromatic N) is 3. The molecule has 34 heavy (non-hydrogen) atoms. The van der Waals surface area contributed by atoms with Crippen LogP contribution < -0.4 is 15.0 Å². The van der Waals surface area contributed by atoms with E-state index in [4.69, 9.17) is 4.74 Å². The number of sulfonamides is 1. The maximum atomic E-state index is 14.5. The van der Waals surface area contributed by atoms with Gasteiger partial charge in [0.2, 0.25) is 10.0 Å². The molecule has 3 aromatic rings. The molecule has 1 amide bonds. The summed E-state index contributed by atoms with van der Waals surface area (Å²) in [5.74, 6) is -0.354. The van der Waals surface area contributed by atoms with Gasteiger partial charge in [-0.15, -0.1) is 0 Å². The summed E-state index contributed by atoms with van der Waals surface area (Å²) in [4.78, 5) is 19.0. The van der Waals surface area contributed by atoms with E-state index in [1.54, 1.807) is 30.5 Å². The zero-order valence-corrected chi connectivity index (χ0v) is 19.5. The van der Waals surface area contributed by atoms with Crippen LogP contribution in [-0.4, -0.2) is 56.4 Å². The topological polar surface area (TPSA) is 91.8 Å². The lowest BCUT2D eigenvalue weighted by Gasteiger charge is -2.34. The molecule has 0 aliphatic carbocycles. The molecule has 4 rings (SSSR count). The van der Waals surface area contributed by atoms with Gasteiger partial charge in [-0.2, -0.15) is 4.31 Å². The van der Waals surface area contributed by atoms with E-state index >= 15 is 0 Å². The quantitative estimate of drug-likeness (QED) is 0.553. The number of hydrogen-bond donors (Lipinski definition) is 1. The molecule has 0 bridgehead atoms. The van der Waals surface area contributed by atoms with Crippen LogP contribution in [0.3, 0.4) is 0 Å². The van der Waals surface area contributed by atoms with Crippen molar-refractivity contribution in [1.29, 1.82) is 0 Å². The van der Waals surface area contributed by atoms with E-state index in [0.29, 0.717) is 31.1 Å². The lowest BCUT2D eigenvalue weighted by Crippen LogP contribution is -2.48. The number of anilines is 2. The summed E-state index contributed by atoms with van der Waals surface area (Å²) in [6.45, 7) is 3.64. The first-order valence-electron chi connectivity index (χ1n) is 10.9. The zero-order valence-electron chi connectivity index (χ0n) is 18.6. The molecule has 2 aromatic carbocycles. The molecule has 0 saturated carbocycles. The molecule has 8 nitrogen and oxygen atoms in total. The molecule has 1 aliphatic heterocycles. The van der Waals surface area contributed by atoms with Gasteiger partial charge >= 0.3 is 0 Å². The molecular weight excluding hydrogens is 459 g/mol. The fourth-order valence-corrected chi connectivity index (χ4v) is 5.18. The Balaban J connectivity index is 1.52. The first kappa shape index (κ1) is 23.7. The van der Waals surface area contributed by atoms with Gasteiger partial charge in [-0.3, -0.25) is 4.79 Å². The minimum atomic E-state index is -3.92. The van der Waals surface area contributed by atoms with E-state index < -0.39 is 21.7 Å². The fourth-order valence-electron chi connectivity index (χ4n) is 3.73. The molecule has 178 valence electrons. The van der Waals surface area contributed by atoms with Gasteiger partial charge in [-0.1, -0.05) is 18.2 Å². The van der Waals surface area contributed by atoms with Crippen LogP contribution in [0.1, 0.15) is 17.3 Å². The number of halogens is 1. The zero-order chi connectivity index (χ0) is 24.1. The Kier molecular flexibility index (Phi) is 7.09. The Morgan fingerprint density at radius 2 is 1.79 bits per heavy atom. The summed E-state index contributed by atoms with van der Waals surface area (Å²) in [7, 11) is -3.92. The summed E-state index contributed by atoms with van der Waals surface area (Å²) in [5, 5.41) is 2.61. The number of benzene rings is 2. The van der Waals surface area contributed by atoms with Crippen molar-refractivity contribution in [1.82, 2.24) is 9.29 Å². The van der Waals surface area contributed by atoms with Crippen LogP contribution in [0.2, 0.25) is 0 Å². The lowest BCUT2D eigenvalue weighted by atomic mass is 10.2. The molecule has 1 aliphatic rings. The molecule has 0 atom stereocenters. The van der Waals surface area contributed by atoms with Crippen molar-refractivity contribution in [2.24, 2.45) is 0 Å². The average Bonchev–Trinajstić information content (AvgIpc) is 2.86. The van der Waals surface area contributed by atoms with Crippen LogP contribution in [0, 0.1) is 5.82 Å². The number of para-hydroxylation sites is 2. The van der Waals surface area contributed by atoms with Crippen molar-refractivity contribution in [3.05, 3.63) is 78.2 Å². The Hall–Kier alpha value is -3.50. The maximum absolute atomic E-state index is 14.5. The van der Waals surface area contributed by atoms with E-state index in [2.05, 4.69) is 10.3 Å². The van der Waals surface area contributed by atoms with Crippen LogP contribution in [0.5, 0.6) is 5.75 Å². The van der Waals surface area contributed by atoms with Crippen molar-refractivity contribution >= 4 is 27.4 Å². The van der Waals surface area contributed by atoms with Crippen LogP contribution >= 0.6 is 0 Å². The number of amides is 1. The molecule has 0 unspecified atom stereocenters. The van der Waals surface area contributed by atoms with Crippen LogP contribution in [0.25, 0.3) is 0 Å². The van der Waals surface area contributed by atoms with Gasteiger partial charge in [0.05, 0.1) is 22.8 Å². The van der Waals surface area contributed by atoms with Crippen molar-refractivity contribution in [3.8, 4) is 5.75 Å². The number of piperazine rings is 1. The van der Waals surface area contributed by atoms with Gasteiger partial charge in [-0.25, -0.2) is 17.8 Å². The summed E-state index contributed by atoms with van der Waals surface area (Å²) >= 11 is 0. The van der Waals surface area contributed by atoms with Gasteiger partial charge in [-0.05, 0) is 49.4 Å². The summed E-state index contributed by atoms with van der Waals surface area (Å²) < 4.78 is 47.8. The normalized spacial score (nSPS) is 14.6. The van der Waals surface area contributed by atoms with Crippen LogP contribution in [0.15, 0.2) is 71.8 Å². The molecule has 0 radical (unpaired) electrons. The first-order valence-corrected chi connectivity index (χ1v) is 12.3. The fraction of sp³-hybridized carbons (Fsp3) is 0.250. The van der Waals surface area contributed by atoms with Gasteiger partial charge in [0.1, 0.15) is 17.4 Å². The average molecular weight is 485 g/mol. The van der Waals surface area contributed by atoms with Crippen molar-refractivity contribution < 1.29 is 22.3 Å². The Labute approximate surface area is 198 Å². The number of carbonyl (C=O) groups excluding carboxylic acids is 1. The van der Waals surface area contributed by atoms with E-state index in [0.717, 1.165) is 18.0 Å². The first-order chi connectivity index (χ1) is 16.4. The number of hydrogen-bond acceptors (Lipinski definition) is 6. The number of pyridine rings is 1. The minimum absolute atomic E-state index is 0.136. The Morgan fingerprint density at radius 3 is 2.50 bits per heavy atom. The van der Waals surface area contributed by atoms with Gasteiger partial charge < -0.3 is 15.0 Å². The highest BCUT2D eigenvalue weighted by Crippen LogP contribution is 2.26. The Bertz CT molecular complexity index is 1260. The predicted octanol–water partition coefficient (Wildman–Crippen LogP) is 3.38. The highest BCUT2D eigenvalue weighted by molar-refractivity contribution is 7.89. The molecule has 1 fully saturated rings. The smallest absolute Gasteiger partial charge is 0.258 e. The largest absolute Gasteiger partial charge is 0.492 e. The highest BCUT2D eigenvalue weighted by atomic mass is 32.2. The number of rotatable bonds is 7. The second kappa shape index (κ2) is 10.2. The molecule has 2 heterocycles. The van der Waals surface area contributed by atoms with E-state index in [9.17, 15) is 17.6 Å². The maximum Gasteiger partial charge on any atom is 0.258 e. The molecule has 10 heteroatoms. The second-order valence-corrected chi connectivity index (χ2v) is 9.54. The Morgan fingerprint density at radius 1 is 1.06 bits per heavy atom. The third-order valence-corrected chi connectivity index (χ3v) is 7.36. The molecule has 1 saturated heterocycles. The van der Waals surface area contributed by atoms with Crippen molar-refractivity contribution in [3.63, 3.8) is 0 Å². The second-order valence-electron chi connectivity index (χ2n) is 7.60. The van der Waals surface area contributed by atoms with Gasteiger partial charge in [0, 0.05) is 32.4 Å². The van der Waals surface area contributed by atoms with Crippen molar-refractivity contribution in [2.75, 3.05) is 43.0 Å². The SMILES string of the molecule is CCOc1ccccc1NC(=O)c1cc(S(=O)(=O)N2CCN(c3ccccn3)CC2)ccc1F. The summed E-state index contributed by atoms with van der Waals surface area (Å²) in [6, 6.07) is 15.6. The number of ether oxygens (including phenoxy) is 1. The predicted molar refractivity (Wildman–Crippen MR) is 127 cm³/mol. The van der Waals surface area contributed by atoms with E-state index in [1.807, 2.05) is 30.0 Å².